The normalized spacial score (nSPS) is 40.0. The van der Waals surface area contributed by atoms with Gasteiger partial charge in [0.1, 0.15) is 0 Å². The third-order valence-electron chi connectivity index (χ3n) is 1.79. The molecular weight excluding hydrogens is 138 g/mol. The average molecular weight is 150 g/mol. The summed E-state index contributed by atoms with van der Waals surface area (Å²) in [5, 5.41) is 3.39. The van der Waals surface area contributed by atoms with Crippen molar-refractivity contribution in [1.82, 2.24) is 5.32 Å². The average Bonchev–Trinajstić information content (AvgIpc) is 2.36. The molecule has 0 unspecified atom stereocenters. The Bertz CT molecular complexity index is 89.1. The fourth-order valence-electron chi connectivity index (χ4n) is 1.17. The Morgan fingerprint density at radius 1 is 1.44 bits per heavy atom. The first-order chi connectivity index (χ1) is 3.97. The molecule has 1 aliphatic heterocycles. The Labute approximate surface area is 61.4 Å². The molecule has 1 heterocycles. The van der Waals surface area contributed by atoms with Crippen LogP contribution in [0.4, 0.5) is 0 Å². The quantitative estimate of drug-likeness (QED) is 0.544. The van der Waals surface area contributed by atoms with Crippen LogP contribution in [0.2, 0.25) is 0 Å². The van der Waals surface area contributed by atoms with Crippen LogP contribution < -0.4 is 5.32 Å². The van der Waals surface area contributed by atoms with E-state index in [9.17, 15) is 0 Å². The first-order valence-corrected chi connectivity index (χ1v) is 3.32. The molecular formula is C6H12ClNO. The summed E-state index contributed by atoms with van der Waals surface area (Å²) < 4.78 is 5.41. The van der Waals surface area contributed by atoms with Crippen LogP contribution >= 0.6 is 12.4 Å². The second kappa shape index (κ2) is 2.86. The van der Waals surface area contributed by atoms with Crippen molar-refractivity contribution in [3.8, 4) is 0 Å². The van der Waals surface area contributed by atoms with Gasteiger partial charge in [-0.1, -0.05) is 0 Å². The molecule has 2 fully saturated rings. The first kappa shape index (κ1) is 7.32. The minimum absolute atomic E-state index is 0. The van der Waals surface area contributed by atoms with Crippen molar-refractivity contribution in [3.05, 3.63) is 0 Å². The lowest BCUT2D eigenvalue weighted by Gasteiger charge is -1.94. The second-order valence-corrected chi connectivity index (χ2v) is 2.56. The molecule has 2 atom stereocenters. The van der Waals surface area contributed by atoms with E-state index in [0.717, 1.165) is 19.2 Å². The van der Waals surface area contributed by atoms with Crippen LogP contribution in [0.3, 0.4) is 0 Å². The second-order valence-electron chi connectivity index (χ2n) is 2.56. The highest BCUT2D eigenvalue weighted by atomic mass is 35.5. The summed E-state index contributed by atoms with van der Waals surface area (Å²) in [6, 6.07) is 0.720. The van der Waals surface area contributed by atoms with Crippen molar-refractivity contribution in [2.45, 2.75) is 25.0 Å². The Morgan fingerprint density at radius 2 is 2.33 bits per heavy atom. The molecule has 0 spiro atoms. The fourth-order valence-corrected chi connectivity index (χ4v) is 1.17. The number of ether oxygens (including phenoxy) is 1. The summed E-state index contributed by atoms with van der Waals surface area (Å²) in [4.78, 5) is 0. The van der Waals surface area contributed by atoms with Crippen LogP contribution in [-0.2, 0) is 4.74 Å². The molecule has 0 radical (unpaired) electrons. The van der Waals surface area contributed by atoms with E-state index in [-0.39, 0.29) is 12.4 Å². The molecule has 1 N–H and O–H groups in total. The van der Waals surface area contributed by atoms with Crippen molar-refractivity contribution in [2.24, 2.45) is 0 Å². The van der Waals surface area contributed by atoms with E-state index in [4.69, 9.17) is 4.74 Å². The SMILES string of the molecule is C1CN[C@@H]2C[C@@H]2OC1.Cl. The van der Waals surface area contributed by atoms with E-state index in [1.54, 1.807) is 0 Å². The molecule has 9 heavy (non-hydrogen) atoms. The van der Waals surface area contributed by atoms with Gasteiger partial charge < -0.3 is 10.1 Å². The molecule has 0 bridgehead atoms. The largest absolute Gasteiger partial charge is 0.376 e. The zero-order valence-corrected chi connectivity index (χ0v) is 6.12. The van der Waals surface area contributed by atoms with Gasteiger partial charge in [-0.25, -0.2) is 0 Å². The third-order valence-corrected chi connectivity index (χ3v) is 1.79. The van der Waals surface area contributed by atoms with Crippen LogP contribution in [-0.4, -0.2) is 25.3 Å². The molecule has 2 aliphatic rings. The minimum Gasteiger partial charge on any atom is -0.376 e. The Kier molecular flexibility index (Phi) is 2.33. The molecule has 54 valence electrons. The van der Waals surface area contributed by atoms with Crippen LogP contribution in [0.15, 0.2) is 0 Å². The Morgan fingerprint density at radius 3 is 3.22 bits per heavy atom. The smallest absolute Gasteiger partial charge is 0.0744 e. The highest BCUT2D eigenvalue weighted by Crippen LogP contribution is 2.26. The lowest BCUT2D eigenvalue weighted by Crippen LogP contribution is -2.18. The maximum Gasteiger partial charge on any atom is 0.0744 e. The standard InChI is InChI=1S/C6H11NO.ClH/c1-2-7-5-4-6(5)8-3-1;/h5-7H,1-4H2;1H/t5-,6+;/m1./s1. The zero-order valence-electron chi connectivity index (χ0n) is 5.30. The molecule has 3 heteroatoms. The van der Waals surface area contributed by atoms with Crippen LogP contribution in [0, 0.1) is 0 Å². The van der Waals surface area contributed by atoms with E-state index in [0.29, 0.717) is 6.10 Å². The third kappa shape index (κ3) is 1.57. The number of rotatable bonds is 0. The van der Waals surface area contributed by atoms with Crippen molar-refractivity contribution in [2.75, 3.05) is 13.2 Å². The Balaban J connectivity index is 0.000000405. The molecule has 0 aromatic carbocycles. The molecule has 1 aliphatic carbocycles. The van der Waals surface area contributed by atoms with Gasteiger partial charge in [-0.05, 0) is 19.4 Å². The van der Waals surface area contributed by atoms with E-state index < -0.39 is 0 Å². The van der Waals surface area contributed by atoms with Crippen molar-refractivity contribution < 1.29 is 4.74 Å². The first-order valence-electron chi connectivity index (χ1n) is 3.32. The van der Waals surface area contributed by atoms with E-state index in [1.165, 1.54) is 12.8 Å². The number of hydrogen-bond acceptors (Lipinski definition) is 2. The van der Waals surface area contributed by atoms with E-state index >= 15 is 0 Å². The molecule has 2 rings (SSSR count). The van der Waals surface area contributed by atoms with Crippen molar-refractivity contribution in [3.63, 3.8) is 0 Å². The molecule has 0 aromatic heterocycles. The zero-order chi connectivity index (χ0) is 5.40. The molecule has 2 nitrogen and oxygen atoms in total. The van der Waals surface area contributed by atoms with Gasteiger partial charge in [0.05, 0.1) is 6.10 Å². The van der Waals surface area contributed by atoms with Gasteiger partial charge in [0, 0.05) is 12.6 Å². The van der Waals surface area contributed by atoms with Crippen LogP contribution in [0.1, 0.15) is 12.8 Å². The number of fused-ring (bicyclic) bond motifs is 1. The summed E-state index contributed by atoms with van der Waals surface area (Å²) >= 11 is 0. The predicted molar refractivity (Wildman–Crippen MR) is 38.0 cm³/mol. The van der Waals surface area contributed by atoms with Gasteiger partial charge in [-0.15, -0.1) is 12.4 Å². The van der Waals surface area contributed by atoms with Gasteiger partial charge in [-0.3, -0.25) is 0 Å². The van der Waals surface area contributed by atoms with Gasteiger partial charge in [-0.2, -0.15) is 0 Å². The fraction of sp³-hybridized carbons (Fsp3) is 1.00. The predicted octanol–water partition coefficient (Wildman–Crippen LogP) is 0.559. The van der Waals surface area contributed by atoms with Gasteiger partial charge >= 0.3 is 0 Å². The lowest BCUT2D eigenvalue weighted by molar-refractivity contribution is 0.123. The maximum absolute atomic E-state index is 5.41. The molecule has 1 saturated carbocycles. The minimum atomic E-state index is 0. The maximum atomic E-state index is 5.41. The van der Waals surface area contributed by atoms with E-state index in [2.05, 4.69) is 5.32 Å². The van der Waals surface area contributed by atoms with E-state index in [1.807, 2.05) is 0 Å². The Hall–Kier alpha value is 0.210. The van der Waals surface area contributed by atoms with Crippen molar-refractivity contribution >= 4 is 12.4 Å². The van der Waals surface area contributed by atoms with Crippen LogP contribution in [0.25, 0.3) is 0 Å². The lowest BCUT2D eigenvalue weighted by atomic mass is 10.4. The molecule has 0 amide bonds. The topological polar surface area (TPSA) is 21.3 Å². The highest BCUT2D eigenvalue weighted by Gasteiger charge is 2.38. The van der Waals surface area contributed by atoms with Crippen molar-refractivity contribution in [1.29, 1.82) is 0 Å². The highest BCUT2D eigenvalue weighted by molar-refractivity contribution is 5.85. The molecule has 0 aromatic rings. The monoisotopic (exact) mass is 149 g/mol. The van der Waals surface area contributed by atoms with Crippen LogP contribution in [0.5, 0.6) is 0 Å². The summed E-state index contributed by atoms with van der Waals surface area (Å²) in [5.41, 5.74) is 0. The summed E-state index contributed by atoms with van der Waals surface area (Å²) in [6.45, 7) is 2.12. The number of halogens is 1. The van der Waals surface area contributed by atoms with Gasteiger partial charge in [0.2, 0.25) is 0 Å². The van der Waals surface area contributed by atoms with Gasteiger partial charge in [0.15, 0.2) is 0 Å². The van der Waals surface area contributed by atoms with Gasteiger partial charge in [0.25, 0.3) is 0 Å². The number of nitrogens with one attached hydrogen (secondary N) is 1. The summed E-state index contributed by atoms with van der Waals surface area (Å²) in [5.74, 6) is 0. The number of hydrogen-bond donors (Lipinski definition) is 1. The molecule has 1 saturated heterocycles. The summed E-state index contributed by atoms with van der Waals surface area (Å²) in [6.07, 6.45) is 3.02. The summed E-state index contributed by atoms with van der Waals surface area (Å²) in [7, 11) is 0.